The summed E-state index contributed by atoms with van der Waals surface area (Å²) in [5.74, 6) is -0.202. The highest BCUT2D eigenvalue weighted by Crippen LogP contribution is 2.24. The summed E-state index contributed by atoms with van der Waals surface area (Å²) < 4.78 is 0. The Kier molecular flexibility index (Phi) is 3.72. The smallest absolute Gasteiger partial charge is 0.256 e. The van der Waals surface area contributed by atoms with Gasteiger partial charge in [0.25, 0.3) is 5.91 Å². The van der Waals surface area contributed by atoms with Crippen molar-refractivity contribution in [2.45, 2.75) is 25.3 Å². The summed E-state index contributed by atoms with van der Waals surface area (Å²) in [6.45, 7) is 0.587. The molecule has 0 bridgehead atoms. The number of aliphatic hydroxyl groups is 1. The van der Waals surface area contributed by atoms with E-state index in [-0.39, 0.29) is 24.3 Å². The number of nitrogen functional groups attached to an aromatic ring is 1. The fraction of sp³-hybridized carbons (Fsp3) is 0.462. The predicted molar refractivity (Wildman–Crippen MR) is 68.3 cm³/mol. The molecular formula is C13H18N2O3. The Hall–Kier alpha value is -1.75. The van der Waals surface area contributed by atoms with E-state index in [4.69, 9.17) is 5.73 Å². The number of nitrogens with two attached hydrogens (primary N) is 1. The third-order valence-corrected chi connectivity index (χ3v) is 3.37. The van der Waals surface area contributed by atoms with Crippen LogP contribution in [-0.4, -0.2) is 40.2 Å². The molecule has 1 amide bonds. The maximum atomic E-state index is 12.4. The molecule has 2 rings (SSSR count). The van der Waals surface area contributed by atoms with Crippen molar-refractivity contribution in [3.05, 3.63) is 23.8 Å². The molecule has 1 aliphatic heterocycles. The van der Waals surface area contributed by atoms with Crippen LogP contribution in [0.5, 0.6) is 5.75 Å². The highest BCUT2D eigenvalue weighted by atomic mass is 16.3. The second-order valence-electron chi connectivity index (χ2n) is 4.60. The number of phenols is 1. The van der Waals surface area contributed by atoms with Gasteiger partial charge in [0.15, 0.2) is 0 Å². The number of aliphatic hydroxyl groups excluding tert-OH is 1. The fourth-order valence-electron chi connectivity index (χ4n) is 2.34. The number of nitrogens with zero attached hydrogens (tertiary/aromatic N) is 1. The van der Waals surface area contributed by atoms with Gasteiger partial charge >= 0.3 is 0 Å². The van der Waals surface area contributed by atoms with Crippen LogP contribution in [0, 0.1) is 0 Å². The van der Waals surface area contributed by atoms with E-state index in [9.17, 15) is 15.0 Å². The van der Waals surface area contributed by atoms with Crippen molar-refractivity contribution in [2.24, 2.45) is 0 Å². The fourth-order valence-corrected chi connectivity index (χ4v) is 2.34. The van der Waals surface area contributed by atoms with Crippen LogP contribution in [-0.2, 0) is 0 Å². The van der Waals surface area contributed by atoms with Gasteiger partial charge in [0, 0.05) is 12.2 Å². The monoisotopic (exact) mass is 250 g/mol. The minimum absolute atomic E-state index is 0.0186. The van der Waals surface area contributed by atoms with E-state index in [0.29, 0.717) is 17.8 Å². The van der Waals surface area contributed by atoms with Crippen molar-refractivity contribution in [3.8, 4) is 5.75 Å². The van der Waals surface area contributed by atoms with E-state index in [1.807, 2.05) is 0 Å². The van der Waals surface area contributed by atoms with Crippen LogP contribution in [0.4, 0.5) is 5.69 Å². The van der Waals surface area contributed by atoms with Gasteiger partial charge in [-0.1, -0.05) is 0 Å². The van der Waals surface area contributed by atoms with E-state index < -0.39 is 0 Å². The maximum Gasteiger partial charge on any atom is 0.256 e. The Balaban J connectivity index is 2.26. The summed E-state index contributed by atoms with van der Waals surface area (Å²) >= 11 is 0. The van der Waals surface area contributed by atoms with Gasteiger partial charge in [-0.3, -0.25) is 4.79 Å². The number of phenolic OH excluding ortho intramolecular Hbond substituents is 1. The predicted octanol–water partition coefficient (Wildman–Crippen LogP) is 0.961. The van der Waals surface area contributed by atoms with E-state index in [2.05, 4.69) is 0 Å². The number of aromatic hydroxyl groups is 1. The lowest BCUT2D eigenvalue weighted by atomic mass is 10.0. The Labute approximate surface area is 106 Å². The van der Waals surface area contributed by atoms with Crippen molar-refractivity contribution < 1.29 is 15.0 Å². The van der Waals surface area contributed by atoms with Gasteiger partial charge in [0.05, 0.1) is 18.2 Å². The summed E-state index contributed by atoms with van der Waals surface area (Å²) in [6.07, 6.45) is 2.76. The molecule has 18 heavy (non-hydrogen) atoms. The Morgan fingerprint density at radius 3 is 2.94 bits per heavy atom. The molecule has 0 radical (unpaired) electrons. The van der Waals surface area contributed by atoms with Gasteiger partial charge in [0.1, 0.15) is 5.75 Å². The number of hydrogen-bond donors (Lipinski definition) is 3. The molecule has 1 saturated heterocycles. The van der Waals surface area contributed by atoms with Crippen LogP contribution in [0.1, 0.15) is 29.6 Å². The van der Waals surface area contributed by atoms with E-state index in [0.717, 1.165) is 19.3 Å². The first-order valence-electron chi connectivity index (χ1n) is 6.14. The first-order valence-corrected chi connectivity index (χ1v) is 6.14. The Bertz CT molecular complexity index is 448. The number of rotatable bonds is 2. The van der Waals surface area contributed by atoms with Crippen LogP contribution in [0.15, 0.2) is 18.2 Å². The highest BCUT2D eigenvalue weighted by Gasteiger charge is 2.27. The molecular weight excluding hydrogens is 232 g/mol. The average molecular weight is 250 g/mol. The molecule has 0 aromatic heterocycles. The summed E-state index contributed by atoms with van der Waals surface area (Å²) in [7, 11) is 0. The molecule has 1 aromatic carbocycles. The third-order valence-electron chi connectivity index (χ3n) is 3.37. The van der Waals surface area contributed by atoms with E-state index in [1.54, 1.807) is 4.90 Å². The zero-order chi connectivity index (χ0) is 13.1. The normalized spacial score (nSPS) is 19.8. The highest BCUT2D eigenvalue weighted by molar-refractivity contribution is 5.99. The molecule has 1 unspecified atom stereocenters. The van der Waals surface area contributed by atoms with Gasteiger partial charge in [-0.25, -0.2) is 0 Å². The Morgan fingerprint density at radius 1 is 1.44 bits per heavy atom. The van der Waals surface area contributed by atoms with Crippen molar-refractivity contribution in [1.82, 2.24) is 4.90 Å². The molecule has 1 atom stereocenters. The molecule has 1 aromatic rings. The topological polar surface area (TPSA) is 86.8 Å². The van der Waals surface area contributed by atoms with Crippen molar-refractivity contribution >= 4 is 11.6 Å². The van der Waals surface area contributed by atoms with Crippen LogP contribution >= 0.6 is 0 Å². The number of carbonyl (C=O) groups excluding carboxylic acids is 1. The molecule has 0 spiro atoms. The lowest BCUT2D eigenvalue weighted by Gasteiger charge is -2.34. The van der Waals surface area contributed by atoms with Crippen molar-refractivity contribution in [2.75, 3.05) is 18.9 Å². The quantitative estimate of drug-likeness (QED) is 0.539. The lowest BCUT2D eigenvalue weighted by Crippen LogP contribution is -2.45. The maximum absolute atomic E-state index is 12.4. The largest absolute Gasteiger partial charge is 0.508 e. The van der Waals surface area contributed by atoms with E-state index in [1.165, 1.54) is 18.2 Å². The second-order valence-corrected chi connectivity index (χ2v) is 4.60. The number of amides is 1. The summed E-state index contributed by atoms with van der Waals surface area (Å²) in [4.78, 5) is 14.0. The molecule has 98 valence electrons. The summed E-state index contributed by atoms with van der Waals surface area (Å²) in [5.41, 5.74) is 6.41. The van der Waals surface area contributed by atoms with Crippen LogP contribution in [0.3, 0.4) is 0 Å². The number of likely N-dealkylation sites (tertiary alicyclic amines) is 1. The van der Waals surface area contributed by atoms with Gasteiger partial charge < -0.3 is 20.8 Å². The molecule has 1 fully saturated rings. The number of benzene rings is 1. The molecule has 1 heterocycles. The minimum Gasteiger partial charge on any atom is -0.508 e. The second kappa shape index (κ2) is 5.27. The van der Waals surface area contributed by atoms with Crippen LogP contribution in [0.2, 0.25) is 0 Å². The van der Waals surface area contributed by atoms with Gasteiger partial charge in [-0.15, -0.1) is 0 Å². The number of anilines is 1. The van der Waals surface area contributed by atoms with Crippen molar-refractivity contribution in [1.29, 1.82) is 0 Å². The zero-order valence-electron chi connectivity index (χ0n) is 10.2. The molecule has 0 aliphatic carbocycles. The SMILES string of the molecule is Nc1ccc(O)cc1C(=O)N1CCCCC1CO. The number of piperidine rings is 1. The zero-order valence-corrected chi connectivity index (χ0v) is 10.2. The van der Waals surface area contributed by atoms with Crippen LogP contribution < -0.4 is 5.73 Å². The standard InChI is InChI=1S/C13H18N2O3/c14-12-5-4-10(17)7-11(12)13(18)15-6-2-1-3-9(15)8-16/h4-5,7,9,16-17H,1-3,6,8,14H2. The van der Waals surface area contributed by atoms with Gasteiger partial charge in [-0.05, 0) is 37.5 Å². The van der Waals surface area contributed by atoms with E-state index >= 15 is 0 Å². The molecule has 5 heteroatoms. The lowest BCUT2D eigenvalue weighted by molar-refractivity contribution is 0.0503. The summed E-state index contributed by atoms with van der Waals surface area (Å²) in [6, 6.07) is 4.19. The van der Waals surface area contributed by atoms with Crippen molar-refractivity contribution in [3.63, 3.8) is 0 Å². The number of carbonyl (C=O) groups is 1. The van der Waals surface area contributed by atoms with Gasteiger partial charge in [0.2, 0.25) is 0 Å². The molecule has 4 N–H and O–H groups in total. The third kappa shape index (κ3) is 2.41. The average Bonchev–Trinajstić information content (AvgIpc) is 2.40. The Morgan fingerprint density at radius 2 is 2.22 bits per heavy atom. The first kappa shape index (κ1) is 12.7. The minimum atomic E-state index is -0.220. The number of hydrogen-bond acceptors (Lipinski definition) is 4. The van der Waals surface area contributed by atoms with Gasteiger partial charge in [-0.2, -0.15) is 0 Å². The molecule has 0 saturated carbocycles. The molecule has 1 aliphatic rings. The molecule has 5 nitrogen and oxygen atoms in total. The first-order chi connectivity index (χ1) is 8.63. The van der Waals surface area contributed by atoms with Crippen LogP contribution in [0.25, 0.3) is 0 Å². The summed E-state index contributed by atoms with van der Waals surface area (Å²) in [5, 5.41) is 18.7.